The van der Waals surface area contributed by atoms with Crippen molar-refractivity contribution in [2.75, 3.05) is 7.05 Å². The highest BCUT2D eigenvalue weighted by atomic mass is 19.1. The number of fused-ring (bicyclic) bond motifs is 1. The highest BCUT2D eigenvalue weighted by Gasteiger charge is 2.14. The van der Waals surface area contributed by atoms with E-state index in [1.165, 1.54) is 12.1 Å². The molecule has 1 aromatic carbocycles. The van der Waals surface area contributed by atoms with Gasteiger partial charge >= 0.3 is 0 Å². The monoisotopic (exact) mass is 217 g/mol. The molecule has 0 aliphatic rings. The zero-order valence-corrected chi connectivity index (χ0v) is 9.21. The van der Waals surface area contributed by atoms with Crippen LogP contribution in [0.25, 0.3) is 10.9 Å². The Labute approximate surface area is 93.1 Å². The molecule has 1 N–H and O–H groups in total. The molecule has 0 unspecified atom stereocenters. The van der Waals surface area contributed by atoms with E-state index < -0.39 is 0 Å². The third kappa shape index (κ3) is 1.46. The molecule has 0 aliphatic carbocycles. The van der Waals surface area contributed by atoms with Crippen LogP contribution in [0.2, 0.25) is 0 Å². The molecule has 0 atom stereocenters. The van der Waals surface area contributed by atoms with E-state index in [4.69, 9.17) is 5.26 Å². The molecular weight excluding hydrogens is 205 g/mol. The van der Waals surface area contributed by atoms with Crippen molar-refractivity contribution in [3.63, 3.8) is 0 Å². The molecule has 0 amide bonds. The molecule has 0 radical (unpaired) electrons. The van der Waals surface area contributed by atoms with E-state index in [-0.39, 0.29) is 5.82 Å². The summed E-state index contributed by atoms with van der Waals surface area (Å²) in [6.45, 7) is 0.603. The Balaban J connectivity index is 2.81. The summed E-state index contributed by atoms with van der Waals surface area (Å²) in [5.41, 5.74) is 2.25. The van der Waals surface area contributed by atoms with Gasteiger partial charge in [-0.1, -0.05) is 0 Å². The third-order valence-corrected chi connectivity index (χ3v) is 2.73. The average Bonchev–Trinajstić information content (AvgIpc) is 2.53. The van der Waals surface area contributed by atoms with Crippen LogP contribution < -0.4 is 5.32 Å². The largest absolute Gasteiger partial charge is 0.335 e. The number of hydrogen-bond donors (Lipinski definition) is 1. The quantitative estimate of drug-likeness (QED) is 0.834. The Morgan fingerprint density at radius 2 is 2.25 bits per heavy atom. The standard InChI is InChI=1S/C12H12FN3/c1-15-7-10-9-4-3-8(13)5-11(9)16(2)12(10)6-14/h3-5,15H,7H2,1-2H3. The van der Waals surface area contributed by atoms with Gasteiger partial charge in [0.1, 0.15) is 17.6 Å². The molecule has 0 bridgehead atoms. The third-order valence-electron chi connectivity index (χ3n) is 2.73. The topological polar surface area (TPSA) is 40.8 Å². The second kappa shape index (κ2) is 3.95. The van der Waals surface area contributed by atoms with Crippen LogP contribution in [0.1, 0.15) is 11.3 Å². The fourth-order valence-corrected chi connectivity index (χ4v) is 1.99. The summed E-state index contributed by atoms with van der Waals surface area (Å²) in [7, 11) is 3.60. The van der Waals surface area contributed by atoms with E-state index in [1.807, 2.05) is 7.05 Å². The van der Waals surface area contributed by atoms with E-state index in [2.05, 4.69) is 11.4 Å². The molecule has 2 rings (SSSR count). The molecule has 4 heteroatoms. The zero-order valence-electron chi connectivity index (χ0n) is 9.21. The summed E-state index contributed by atoms with van der Waals surface area (Å²) in [6.07, 6.45) is 0. The molecule has 3 nitrogen and oxygen atoms in total. The van der Waals surface area contributed by atoms with Crippen LogP contribution >= 0.6 is 0 Å². The SMILES string of the molecule is CNCc1c(C#N)n(C)c2cc(F)ccc12. The van der Waals surface area contributed by atoms with Crippen LogP contribution in [0.4, 0.5) is 4.39 Å². The first kappa shape index (κ1) is 10.7. The van der Waals surface area contributed by atoms with Crippen LogP contribution in [0.15, 0.2) is 18.2 Å². The minimum Gasteiger partial charge on any atom is -0.335 e. The van der Waals surface area contributed by atoms with Gasteiger partial charge in [0.2, 0.25) is 0 Å². The van der Waals surface area contributed by atoms with Gasteiger partial charge in [-0.2, -0.15) is 5.26 Å². The molecule has 82 valence electrons. The first-order valence-corrected chi connectivity index (χ1v) is 5.00. The average molecular weight is 217 g/mol. The van der Waals surface area contributed by atoms with Crippen LogP contribution in [0.3, 0.4) is 0 Å². The molecule has 0 aliphatic heterocycles. The molecular formula is C12H12FN3. The van der Waals surface area contributed by atoms with Crippen LogP contribution in [0.5, 0.6) is 0 Å². The highest BCUT2D eigenvalue weighted by Crippen LogP contribution is 2.25. The summed E-state index contributed by atoms with van der Waals surface area (Å²) >= 11 is 0. The fraction of sp³-hybridized carbons (Fsp3) is 0.250. The van der Waals surface area contributed by atoms with Gasteiger partial charge in [0.15, 0.2) is 0 Å². The number of benzene rings is 1. The van der Waals surface area contributed by atoms with Gasteiger partial charge in [0, 0.05) is 24.5 Å². The molecule has 2 aromatic rings. The number of aryl methyl sites for hydroxylation is 1. The first-order valence-electron chi connectivity index (χ1n) is 5.00. The maximum Gasteiger partial charge on any atom is 0.125 e. The minimum atomic E-state index is -0.284. The van der Waals surface area contributed by atoms with Crippen molar-refractivity contribution in [3.8, 4) is 6.07 Å². The van der Waals surface area contributed by atoms with Gasteiger partial charge < -0.3 is 9.88 Å². The fourth-order valence-electron chi connectivity index (χ4n) is 1.99. The number of halogens is 1. The normalized spacial score (nSPS) is 10.6. The van der Waals surface area contributed by atoms with E-state index in [1.54, 1.807) is 17.7 Å². The summed E-state index contributed by atoms with van der Waals surface area (Å²) in [5.74, 6) is -0.284. The summed E-state index contributed by atoms with van der Waals surface area (Å²) < 4.78 is 14.9. The van der Waals surface area contributed by atoms with Gasteiger partial charge in [-0.05, 0) is 25.2 Å². The first-order chi connectivity index (χ1) is 7.69. The lowest BCUT2D eigenvalue weighted by Crippen LogP contribution is -2.06. The van der Waals surface area contributed by atoms with Crippen molar-refractivity contribution in [2.24, 2.45) is 7.05 Å². The number of rotatable bonds is 2. The van der Waals surface area contributed by atoms with Crippen molar-refractivity contribution in [3.05, 3.63) is 35.3 Å². The predicted molar refractivity (Wildman–Crippen MR) is 60.4 cm³/mol. The van der Waals surface area contributed by atoms with Crippen molar-refractivity contribution in [1.29, 1.82) is 5.26 Å². The van der Waals surface area contributed by atoms with Gasteiger partial charge in [0.25, 0.3) is 0 Å². The number of aromatic nitrogens is 1. The second-order valence-electron chi connectivity index (χ2n) is 3.69. The van der Waals surface area contributed by atoms with Crippen molar-refractivity contribution in [2.45, 2.75) is 6.54 Å². The highest BCUT2D eigenvalue weighted by molar-refractivity contribution is 5.86. The van der Waals surface area contributed by atoms with Crippen molar-refractivity contribution in [1.82, 2.24) is 9.88 Å². The number of nitrogens with zero attached hydrogens (tertiary/aromatic N) is 2. The van der Waals surface area contributed by atoms with E-state index in [0.717, 1.165) is 16.5 Å². The van der Waals surface area contributed by atoms with Crippen molar-refractivity contribution >= 4 is 10.9 Å². The Bertz CT molecular complexity index is 578. The summed E-state index contributed by atoms with van der Waals surface area (Å²) in [5, 5.41) is 13.1. The molecule has 1 aromatic heterocycles. The van der Waals surface area contributed by atoms with Crippen molar-refractivity contribution < 1.29 is 4.39 Å². The lowest BCUT2D eigenvalue weighted by Gasteiger charge is -1.98. The smallest absolute Gasteiger partial charge is 0.125 e. The summed E-state index contributed by atoms with van der Waals surface area (Å²) in [6, 6.07) is 6.75. The zero-order chi connectivity index (χ0) is 11.7. The Morgan fingerprint density at radius 1 is 1.50 bits per heavy atom. The predicted octanol–water partition coefficient (Wildman–Crippen LogP) is 1.91. The molecule has 0 saturated heterocycles. The molecule has 16 heavy (non-hydrogen) atoms. The van der Waals surface area contributed by atoms with Crippen LogP contribution in [-0.4, -0.2) is 11.6 Å². The molecule has 0 saturated carbocycles. The lowest BCUT2D eigenvalue weighted by molar-refractivity contribution is 0.629. The maximum atomic E-state index is 13.1. The van der Waals surface area contributed by atoms with E-state index in [9.17, 15) is 4.39 Å². The number of nitrogens with one attached hydrogen (secondary N) is 1. The van der Waals surface area contributed by atoms with Gasteiger partial charge in [-0.15, -0.1) is 0 Å². The molecule has 1 heterocycles. The Kier molecular flexibility index (Phi) is 2.63. The van der Waals surface area contributed by atoms with E-state index >= 15 is 0 Å². The minimum absolute atomic E-state index is 0.284. The van der Waals surface area contributed by atoms with Gasteiger partial charge in [-0.25, -0.2) is 4.39 Å². The Hall–Kier alpha value is -1.86. The lowest BCUT2D eigenvalue weighted by atomic mass is 10.1. The summed E-state index contributed by atoms with van der Waals surface area (Å²) in [4.78, 5) is 0. The van der Waals surface area contributed by atoms with Gasteiger partial charge in [-0.3, -0.25) is 0 Å². The second-order valence-corrected chi connectivity index (χ2v) is 3.69. The van der Waals surface area contributed by atoms with Crippen LogP contribution in [0, 0.1) is 17.1 Å². The maximum absolute atomic E-state index is 13.1. The van der Waals surface area contributed by atoms with Gasteiger partial charge in [0.05, 0.1) is 5.52 Å². The number of nitriles is 1. The molecule has 0 spiro atoms. The van der Waals surface area contributed by atoms with E-state index in [0.29, 0.717) is 12.2 Å². The van der Waals surface area contributed by atoms with Crippen LogP contribution in [-0.2, 0) is 13.6 Å². The number of hydrogen-bond acceptors (Lipinski definition) is 2. The Morgan fingerprint density at radius 3 is 2.88 bits per heavy atom. The molecule has 0 fully saturated rings.